The summed E-state index contributed by atoms with van der Waals surface area (Å²) in [5.74, 6) is -1.45. The minimum Gasteiger partial charge on any atom is -0.463 e. The molecule has 51 heavy (non-hydrogen) atoms. The lowest BCUT2D eigenvalue weighted by molar-refractivity contribution is -0.147. The number of benzene rings is 1. The van der Waals surface area contributed by atoms with Gasteiger partial charge in [-0.3, -0.25) is 19.2 Å². The zero-order valence-electron chi connectivity index (χ0n) is 32.3. The maximum absolute atomic E-state index is 14.2. The van der Waals surface area contributed by atoms with Gasteiger partial charge in [0.2, 0.25) is 17.7 Å². The predicted octanol–water partition coefficient (Wildman–Crippen LogP) is 5.07. The second-order valence-corrected chi connectivity index (χ2v) is 21.6. The smallest absolute Gasteiger partial charge is 0.306 e. The van der Waals surface area contributed by atoms with E-state index in [9.17, 15) is 19.2 Å². The highest BCUT2D eigenvalue weighted by Gasteiger charge is 2.47. The Morgan fingerprint density at radius 2 is 1.75 bits per heavy atom. The summed E-state index contributed by atoms with van der Waals surface area (Å²) in [6.45, 7) is 19.3. The van der Waals surface area contributed by atoms with Crippen molar-refractivity contribution < 1.29 is 33.1 Å². The molecule has 284 valence electrons. The fraction of sp³-hybridized carbons (Fsp3) is 0.649. The Morgan fingerprint density at radius 3 is 2.29 bits per heavy atom. The van der Waals surface area contributed by atoms with E-state index in [1.807, 2.05) is 52.0 Å². The van der Waals surface area contributed by atoms with Crippen molar-refractivity contribution in [2.75, 3.05) is 40.5 Å². The number of carbonyl (C=O) groups is 4. The summed E-state index contributed by atoms with van der Waals surface area (Å²) in [5, 5.41) is 3.02. The van der Waals surface area contributed by atoms with Crippen LogP contribution in [0.4, 0.5) is 0 Å². The molecule has 1 aliphatic heterocycles. The largest absolute Gasteiger partial charge is 0.463 e. The van der Waals surface area contributed by atoms with E-state index in [2.05, 4.69) is 44.2 Å². The van der Waals surface area contributed by atoms with Crippen LogP contribution in [0.15, 0.2) is 29.8 Å². The van der Waals surface area contributed by atoms with Crippen molar-refractivity contribution in [1.29, 1.82) is 0 Å². The molecule has 0 saturated carbocycles. The fourth-order valence-electron chi connectivity index (χ4n) is 5.45. The summed E-state index contributed by atoms with van der Waals surface area (Å²) in [7, 11) is 0.984. The third-order valence-corrected chi connectivity index (χ3v) is 15.5. The fourth-order valence-corrected chi connectivity index (χ4v) is 7.62. The quantitative estimate of drug-likeness (QED) is 0.188. The SMILES string of the molecule is COCCN(C)C(=O)CCC(=O)OC[C@H](NC(=O)[C@@H]1C[C@@H](O[Si](C)(C)C(C)(C)C)CN1C(=O)[C@@H](N)C(C)(C)C)c1ccc(-c2scnc2C)cc1. The number of aromatic nitrogens is 1. The maximum Gasteiger partial charge on any atom is 0.306 e. The van der Waals surface area contributed by atoms with Crippen LogP contribution in [-0.2, 0) is 33.1 Å². The Hall–Kier alpha value is -3.17. The van der Waals surface area contributed by atoms with Crippen LogP contribution in [0.5, 0.6) is 0 Å². The minimum absolute atomic E-state index is 0.0121. The molecule has 1 aromatic heterocycles. The first-order valence-corrected chi connectivity index (χ1v) is 21.4. The van der Waals surface area contributed by atoms with Crippen LogP contribution in [0.3, 0.4) is 0 Å². The van der Waals surface area contributed by atoms with Gasteiger partial charge in [-0.25, -0.2) is 4.98 Å². The number of ether oxygens (including phenoxy) is 2. The highest BCUT2D eigenvalue weighted by molar-refractivity contribution is 7.13. The molecule has 12 nitrogen and oxygen atoms in total. The van der Waals surface area contributed by atoms with Gasteiger partial charge in [0.25, 0.3) is 0 Å². The molecule has 1 aliphatic rings. The van der Waals surface area contributed by atoms with Gasteiger partial charge in [-0.15, -0.1) is 11.3 Å². The Balaban J connectivity index is 1.86. The van der Waals surface area contributed by atoms with Gasteiger partial charge in [0.15, 0.2) is 8.32 Å². The topological polar surface area (TPSA) is 153 Å². The number of nitrogens with two attached hydrogens (primary N) is 1. The molecule has 3 N–H and O–H groups in total. The van der Waals surface area contributed by atoms with Crippen LogP contribution in [0, 0.1) is 12.3 Å². The van der Waals surface area contributed by atoms with Gasteiger partial charge in [0.05, 0.1) is 47.3 Å². The van der Waals surface area contributed by atoms with Crippen molar-refractivity contribution >= 4 is 43.3 Å². The van der Waals surface area contributed by atoms with Crippen molar-refractivity contribution in [1.82, 2.24) is 20.1 Å². The van der Waals surface area contributed by atoms with Gasteiger partial charge in [0.1, 0.15) is 12.6 Å². The lowest BCUT2D eigenvalue weighted by atomic mass is 9.86. The molecule has 2 aromatic rings. The summed E-state index contributed by atoms with van der Waals surface area (Å²) in [4.78, 5) is 61.9. The van der Waals surface area contributed by atoms with E-state index in [-0.39, 0.29) is 54.9 Å². The molecule has 4 atom stereocenters. The van der Waals surface area contributed by atoms with Gasteiger partial charge in [0, 0.05) is 40.1 Å². The lowest BCUT2D eigenvalue weighted by Crippen LogP contribution is -2.55. The number of nitrogens with one attached hydrogen (secondary N) is 1. The summed E-state index contributed by atoms with van der Waals surface area (Å²) in [6.07, 6.45) is -0.143. The number of likely N-dealkylation sites (tertiary alicyclic amines) is 1. The molecule has 1 fully saturated rings. The molecular formula is C37H59N5O7SSi. The maximum atomic E-state index is 14.2. The van der Waals surface area contributed by atoms with E-state index in [0.717, 1.165) is 16.1 Å². The molecule has 3 rings (SSSR count). The average Bonchev–Trinajstić information content (AvgIpc) is 3.68. The van der Waals surface area contributed by atoms with Gasteiger partial charge >= 0.3 is 5.97 Å². The zero-order valence-corrected chi connectivity index (χ0v) is 34.1. The van der Waals surface area contributed by atoms with Crippen LogP contribution < -0.4 is 11.1 Å². The van der Waals surface area contributed by atoms with E-state index in [1.165, 1.54) is 16.2 Å². The molecule has 0 unspecified atom stereocenters. The monoisotopic (exact) mass is 745 g/mol. The third kappa shape index (κ3) is 11.4. The summed E-state index contributed by atoms with van der Waals surface area (Å²) < 4.78 is 17.4. The number of rotatable bonds is 15. The average molecular weight is 746 g/mol. The molecule has 0 bridgehead atoms. The van der Waals surface area contributed by atoms with Gasteiger partial charge in [-0.05, 0) is 41.6 Å². The van der Waals surface area contributed by atoms with Gasteiger partial charge in [-0.2, -0.15) is 0 Å². The van der Waals surface area contributed by atoms with Crippen molar-refractivity contribution in [3.63, 3.8) is 0 Å². The normalized spacial score (nSPS) is 17.9. The van der Waals surface area contributed by atoms with Crippen LogP contribution in [-0.4, -0.2) is 105 Å². The van der Waals surface area contributed by atoms with E-state index in [0.29, 0.717) is 25.1 Å². The summed E-state index contributed by atoms with van der Waals surface area (Å²) in [6, 6.07) is 5.28. The van der Waals surface area contributed by atoms with Gasteiger partial charge in [-0.1, -0.05) is 65.8 Å². The second kappa shape index (κ2) is 17.6. The molecule has 14 heteroatoms. The van der Waals surface area contributed by atoms with Crippen molar-refractivity contribution in [2.24, 2.45) is 11.1 Å². The zero-order chi connectivity index (χ0) is 38.3. The van der Waals surface area contributed by atoms with E-state index in [4.69, 9.17) is 19.6 Å². The second-order valence-electron chi connectivity index (χ2n) is 16.0. The highest BCUT2D eigenvalue weighted by Crippen LogP contribution is 2.39. The van der Waals surface area contributed by atoms with E-state index < -0.39 is 37.8 Å². The number of esters is 1. The number of thiazole rings is 1. The van der Waals surface area contributed by atoms with Crippen molar-refractivity contribution in [2.45, 2.75) is 110 Å². The van der Waals surface area contributed by atoms with Crippen molar-refractivity contribution in [3.05, 3.63) is 41.0 Å². The van der Waals surface area contributed by atoms with Crippen LogP contribution in [0.25, 0.3) is 10.4 Å². The Labute approximate surface area is 308 Å². The number of amides is 3. The predicted molar refractivity (Wildman–Crippen MR) is 202 cm³/mol. The van der Waals surface area contributed by atoms with Crippen LogP contribution >= 0.6 is 11.3 Å². The first kappa shape index (κ1) is 42.2. The number of likely N-dealkylation sites (N-methyl/N-ethyl adjacent to an activating group) is 1. The Kier molecular flexibility index (Phi) is 14.5. The minimum atomic E-state index is -2.23. The summed E-state index contributed by atoms with van der Waals surface area (Å²) >= 11 is 1.54. The van der Waals surface area contributed by atoms with Crippen LogP contribution in [0.2, 0.25) is 18.1 Å². The number of hydrogen-bond acceptors (Lipinski definition) is 10. The van der Waals surface area contributed by atoms with Gasteiger partial charge < -0.3 is 34.8 Å². The molecule has 3 amide bonds. The Bertz CT molecular complexity index is 1500. The number of nitrogens with zero attached hydrogens (tertiary/aromatic N) is 3. The highest BCUT2D eigenvalue weighted by atomic mass is 32.1. The lowest BCUT2D eigenvalue weighted by Gasteiger charge is -2.38. The van der Waals surface area contributed by atoms with E-state index >= 15 is 0 Å². The molecule has 0 radical (unpaired) electrons. The number of hydrogen-bond donors (Lipinski definition) is 2. The molecule has 2 heterocycles. The first-order chi connectivity index (χ1) is 23.7. The van der Waals surface area contributed by atoms with Crippen molar-refractivity contribution in [3.8, 4) is 10.4 Å². The Morgan fingerprint density at radius 1 is 1.10 bits per heavy atom. The molecule has 0 spiro atoms. The van der Waals surface area contributed by atoms with E-state index in [1.54, 1.807) is 24.6 Å². The molecule has 1 aromatic carbocycles. The number of carbonyl (C=O) groups excluding carboxylic acids is 4. The molecular weight excluding hydrogens is 687 g/mol. The van der Waals surface area contributed by atoms with Crippen LogP contribution in [0.1, 0.15) is 78.1 Å². The first-order valence-electron chi connectivity index (χ1n) is 17.6. The number of methoxy groups -OCH3 is 1. The summed E-state index contributed by atoms with van der Waals surface area (Å²) in [5.41, 5.74) is 10.3. The molecule has 1 saturated heterocycles. The molecule has 0 aliphatic carbocycles. The third-order valence-electron chi connectivity index (χ3n) is 9.96. The standard InChI is InChI=1S/C37H59N5O7SSi/c1-24-32(50-23-39-24)26-14-12-25(13-15-26)28(22-48-31(44)17-16-30(43)41(8)18-19-47-9)40-34(45)29-20-27(49-51(10,11)37(5,6)7)21-42(29)35(46)33(38)36(2,3)4/h12-15,23,27-29,33H,16-22,38H2,1-11H3,(H,40,45)/t27-,28+,29+,33-/m1/s1. The number of aryl methyl sites for hydroxylation is 1.